The first-order valence-electron chi connectivity index (χ1n) is 12.3. The maximum absolute atomic E-state index is 12.5. The molecule has 0 rings (SSSR count). The van der Waals surface area contributed by atoms with Crippen LogP contribution in [0.25, 0.3) is 0 Å². The summed E-state index contributed by atoms with van der Waals surface area (Å²) in [7, 11) is 0. The third kappa shape index (κ3) is 14.9. The van der Waals surface area contributed by atoms with Crippen LogP contribution in [0.3, 0.4) is 0 Å². The van der Waals surface area contributed by atoms with Gasteiger partial charge in [0.15, 0.2) is 0 Å². The van der Waals surface area contributed by atoms with Gasteiger partial charge in [-0.3, -0.25) is 0 Å². The Labute approximate surface area is 199 Å². The molecule has 0 aliphatic rings. The van der Waals surface area contributed by atoms with Crippen molar-refractivity contribution in [2.24, 2.45) is 17.8 Å². The van der Waals surface area contributed by atoms with Gasteiger partial charge in [-0.05, 0) is 0 Å². The van der Waals surface area contributed by atoms with E-state index in [1.165, 1.54) is 0 Å². The minimum absolute atomic E-state index is 0.234. The number of hydrogen-bond acceptors (Lipinski definition) is 6. The summed E-state index contributed by atoms with van der Waals surface area (Å²) in [6, 6.07) is 0. The molecular formula is C24H45BiO6. The molecule has 0 spiro atoms. The third-order valence-electron chi connectivity index (χ3n) is 5.72. The normalized spacial score (nSPS) is 14.0. The van der Waals surface area contributed by atoms with Gasteiger partial charge >= 0.3 is 200 Å². The van der Waals surface area contributed by atoms with E-state index in [1.807, 2.05) is 20.8 Å². The molecule has 0 radical (unpaired) electrons. The van der Waals surface area contributed by atoms with Gasteiger partial charge < -0.3 is 0 Å². The maximum atomic E-state index is 12.5. The quantitative estimate of drug-likeness (QED) is 0.165. The molecule has 0 aromatic rings. The molecule has 7 heteroatoms. The van der Waals surface area contributed by atoms with Crippen LogP contribution in [0.5, 0.6) is 0 Å². The monoisotopic (exact) mass is 638 g/mol. The summed E-state index contributed by atoms with van der Waals surface area (Å²) >= 11 is -3.98. The topological polar surface area (TPSA) is 78.9 Å². The summed E-state index contributed by atoms with van der Waals surface area (Å²) in [6.45, 7) is 12.4. The van der Waals surface area contributed by atoms with Crippen molar-refractivity contribution in [2.75, 3.05) is 0 Å². The second kappa shape index (κ2) is 18.8. The molecular weight excluding hydrogens is 593 g/mol. The van der Waals surface area contributed by atoms with Crippen LogP contribution in [0.15, 0.2) is 0 Å². The summed E-state index contributed by atoms with van der Waals surface area (Å²) in [5.41, 5.74) is 0. The van der Waals surface area contributed by atoms with Gasteiger partial charge in [0.2, 0.25) is 0 Å². The van der Waals surface area contributed by atoms with E-state index >= 15 is 0 Å². The van der Waals surface area contributed by atoms with E-state index in [0.717, 1.165) is 57.8 Å². The second-order valence-corrected chi connectivity index (χ2v) is 12.3. The predicted octanol–water partition coefficient (Wildman–Crippen LogP) is 6.25. The van der Waals surface area contributed by atoms with E-state index in [4.69, 9.17) is 8.44 Å². The van der Waals surface area contributed by atoms with Crippen LogP contribution in [0.4, 0.5) is 0 Å². The van der Waals surface area contributed by atoms with Crippen LogP contribution in [-0.2, 0) is 22.8 Å². The number of carbonyl (C=O) groups is 3. The Morgan fingerprint density at radius 2 is 0.806 bits per heavy atom. The van der Waals surface area contributed by atoms with Crippen LogP contribution in [0, 0.1) is 17.8 Å². The van der Waals surface area contributed by atoms with Crippen molar-refractivity contribution in [2.45, 2.75) is 119 Å². The van der Waals surface area contributed by atoms with Crippen LogP contribution in [0.2, 0.25) is 0 Å². The van der Waals surface area contributed by atoms with E-state index in [2.05, 4.69) is 20.8 Å². The molecule has 0 bridgehead atoms. The Hall–Kier alpha value is -0.707. The molecule has 0 N–H and O–H groups in total. The van der Waals surface area contributed by atoms with Crippen molar-refractivity contribution in [1.29, 1.82) is 0 Å². The van der Waals surface area contributed by atoms with Crippen LogP contribution >= 0.6 is 0 Å². The van der Waals surface area contributed by atoms with Gasteiger partial charge in [0, 0.05) is 0 Å². The zero-order chi connectivity index (χ0) is 23.6. The third-order valence-corrected chi connectivity index (χ3v) is 9.83. The first-order chi connectivity index (χ1) is 14.8. The van der Waals surface area contributed by atoms with Gasteiger partial charge in [0.1, 0.15) is 0 Å². The molecule has 0 aromatic carbocycles. The molecule has 3 atom stereocenters. The number of carbonyl (C=O) groups excluding carboxylic acids is 3. The molecule has 0 aliphatic carbocycles. The van der Waals surface area contributed by atoms with Gasteiger partial charge in [0.05, 0.1) is 0 Å². The molecule has 6 nitrogen and oxygen atoms in total. The molecule has 0 aliphatic heterocycles. The van der Waals surface area contributed by atoms with Gasteiger partial charge in [0.25, 0.3) is 0 Å². The fourth-order valence-electron chi connectivity index (χ4n) is 3.70. The van der Waals surface area contributed by atoms with Crippen LogP contribution < -0.4 is 0 Å². The van der Waals surface area contributed by atoms with Gasteiger partial charge in [-0.1, -0.05) is 0 Å². The summed E-state index contributed by atoms with van der Waals surface area (Å²) in [4.78, 5) is 37.4. The molecule has 0 saturated carbocycles. The van der Waals surface area contributed by atoms with Crippen molar-refractivity contribution in [3.05, 3.63) is 0 Å². The molecule has 31 heavy (non-hydrogen) atoms. The fourth-order valence-corrected chi connectivity index (χ4v) is 6.94. The summed E-state index contributed by atoms with van der Waals surface area (Å²) in [6.07, 6.45) is 9.25. The molecule has 0 fully saturated rings. The van der Waals surface area contributed by atoms with Gasteiger partial charge in [-0.2, -0.15) is 0 Å². The Bertz CT molecular complexity index is 439. The van der Waals surface area contributed by atoms with Gasteiger partial charge in [-0.15, -0.1) is 0 Å². The van der Waals surface area contributed by atoms with E-state index < -0.39 is 41.0 Å². The molecule has 0 amide bonds. The standard InChI is InChI=1S/3C8H16O2.Bi/c3*1-3-5-7(4-2)6-8(9)10;/h3*7H,3-6H2,1-2H3,(H,9,10);/q;;;+3/p-3. The Morgan fingerprint density at radius 3 is 1.00 bits per heavy atom. The van der Waals surface area contributed by atoms with Crippen molar-refractivity contribution in [3.63, 3.8) is 0 Å². The number of hydrogen-bond donors (Lipinski definition) is 0. The molecule has 0 heterocycles. The molecule has 182 valence electrons. The Morgan fingerprint density at radius 1 is 0.548 bits per heavy atom. The molecule has 0 saturated heterocycles. The fraction of sp³-hybridized carbons (Fsp3) is 0.875. The van der Waals surface area contributed by atoms with Crippen LogP contribution in [-0.4, -0.2) is 41.0 Å². The zero-order valence-corrected chi connectivity index (χ0v) is 24.1. The van der Waals surface area contributed by atoms with Crippen molar-refractivity contribution >= 4 is 41.0 Å². The van der Waals surface area contributed by atoms with Crippen molar-refractivity contribution in [1.82, 2.24) is 0 Å². The summed E-state index contributed by atoms with van der Waals surface area (Å²) in [5.74, 6) is -0.548. The average molecular weight is 639 g/mol. The van der Waals surface area contributed by atoms with Gasteiger partial charge in [-0.25, -0.2) is 0 Å². The second-order valence-electron chi connectivity index (χ2n) is 8.41. The first-order valence-corrected chi connectivity index (χ1v) is 16.5. The van der Waals surface area contributed by atoms with E-state index in [-0.39, 0.29) is 37.0 Å². The van der Waals surface area contributed by atoms with E-state index in [0.29, 0.717) is 0 Å². The Kier molecular flexibility index (Phi) is 18.4. The minimum atomic E-state index is -3.98. The average Bonchev–Trinajstić information content (AvgIpc) is 2.72. The Balaban J connectivity index is 5.07. The number of rotatable bonds is 18. The van der Waals surface area contributed by atoms with Crippen LogP contribution in [0.1, 0.15) is 119 Å². The predicted molar refractivity (Wildman–Crippen MR) is 124 cm³/mol. The summed E-state index contributed by atoms with van der Waals surface area (Å²) < 4.78 is 16.5. The van der Waals surface area contributed by atoms with Crippen molar-refractivity contribution < 1.29 is 22.8 Å². The van der Waals surface area contributed by atoms with E-state index in [1.54, 1.807) is 0 Å². The van der Waals surface area contributed by atoms with Crippen molar-refractivity contribution in [3.8, 4) is 0 Å². The zero-order valence-electron chi connectivity index (χ0n) is 20.6. The molecule has 3 unspecified atom stereocenters. The summed E-state index contributed by atoms with van der Waals surface area (Å²) in [5, 5.41) is 0. The SMILES string of the molecule is CCCC(CC)CC(=O)[O][Bi]([O]C(=O)CC(CC)CCC)[O]C(=O)CC(CC)CCC. The molecule has 0 aromatic heterocycles. The van der Waals surface area contributed by atoms with E-state index in [9.17, 15) is 14.4 Å². The first kappa shape index (κ1) is 30.3.